The van der Waals surface area contributed by atoms with E-state index in [1.165, 1.54) is 12.1 Å². The molecule has 50 valence electrons. The van der Waals surface area contributed by atoms with Crippen molar-refractivity contribution in [3.63, 3.8) is 0 Å². The minimum absolute atomic E-state index is 0.858. The highest BCUT2D eigenvalue weighted by Crippen LogP contribution is 2.16. The number of carbonyl (C=O) groups excluding carboxylic acids is 1. The smallest absolute Gasteiger partial charge is 0.144 e. The molecule has 0 aromatic heterocycles. The maximum Gasteiger partial charge on any atom is 0.144 e. The van der Waals surface area contributed by atoms with Crippen LogP contribution in [-0.2, 0) is 4.79 Å². The Morgan fingerprint density at radius 2 is 2.44 bits per heavy atom. The third-order valence-electron chi connectivity index (χ3n) is 1.68. The van der Waals surface area contributed by atoms with Crippen molar-refractivity contribution >= 4 is 6.29 Å². The van der Waals surface area contributed by atoms with Gasteiger partial charge in [0.25, 0.3) is 0 Å². The van der Waals surface area contributed by atoms with Crippen molar-refractivity contribution in [2.45, 2.75) is 12.8 Å². The largest absolute Gasteiger partial charge is 0.378 e. The van der Waals surface area contributed by atoms with E-state index < -0.39 is 0 Å². The molecule has 0 unspecified atom stereocenters. The lowest BCUT2D eigenvalue weighted by atomic mass is 10.3. The summed E-state index contributed by atoms with van der Waals surface area (Å²) >= 11 is 0. The van der Waals surface area contributed by atoms with Crippen molar-refractivity contribution < 1.29 is 4.79 Å². The number of likely N-dealkylation sites (tertiary alicyclic amines) is 1. The van der Waals surface area contributed by atoms with Gasteiger partial charge < -0.3 is 4.90 Å². The Bertz CT molecular complexity index is 140. The lowest BCUT2D eigenvalue weighted by Gasteiger charge is -2.10. The van der Waals surface area contributed by atoms with Gasteiger partial charge in [-0.05, 0) is 18.9 Å². The van der Waals surface area contributed by atoms with Gasteiger partial charge in [-0.1, -0.05) is 0 Å². The first-order chi connectivity index (χ1) is 4.34. The number of hydrogen-bond acceptors (Lipinski definition) is 2. The highest BCUT2D eigenvalue weighted by molar-refractivity contribution is 5.66. The second kappa shape index (κ2) is 2.67. The molecule has 0 saturated carbocycles. The molecule has 1 saturated heterocycles. The standard InChI is InChI=1S/C7H11NO/c1-8-5-2-3-7(8)4-6-9/h4,6H,2-3,5H2,1H3/b7-4+. The molecule has 0 spiro atoms. The Morgan fingerprint density at radius 3 is 2.89 bits per heavy atom. The number of carbonyl (C=O) groups is 1. The molecule has 2 heteroatoms. The van der Waals surface area contributed by atoms with Gasteiger partial charge in [0.2, 0.25) is 0 Å². The minimum atomic E-state index is 0.858. The molecule has 2 nitrogen and oxygen atoms in total. The maximum atomic E-state index is 10.0. The second-order valence-corrected chi connectivity index (χ2v) is 2.32. The molecule has 0 amide bonds. The van der Waals surface area contributed by atoms with E-state index in [9.17, 15) is 4.79 Å². The van der Waals surface area contributed by atoms with Crippen LogP contribution in [0, 0.1) is 0 Å². The van der Waals surface area contributed by atoms with E-state index in [0.29, 0.717) is 0 Å². The number of hydrogen-bond donors (Lipinski definition) is 0. The normalized spacial score (nSPS) is 23.2. The maximum absolute atomic E-state index is 10.0. The van der Waals surface area contributed by atoms with Gasteiger partial charge in [0.15, 0.2) is 0 Å². The van der Waals surface area contributed by atoms with Gasteiger partial charge in [0.05, 0.1) is 0 Å². The van der Waals surface area contributed by atoms with E-state index in [2.05, 4.69) is 4.90 Å². The van der Waals surface area contributed by atoms with Crippen LogP contribution in [0.3, 0.4) is 0 Å². The molecule has 0 aromatic carbocycles. The first-order valence-electron chi connectivity index (χ1n) is 3.20. The van der Waals surface area contributed by atoms with Gasteiger partial charge in [-0.3, -0.25) is 4.79 Å². The van der Waals surface area contributed by atoms with Gasteiger partial charge in [-0.25, -0.2) is 0 Å². The third kappa shape index (κ3) is 1.31. The molecule has 0 aliphatic carbocycles. The van der Waals surface area contributed by atoms with Gasteiger partial charge >= 0.3 is 0 Å². The minimum Gasteiger partial charge on any atom is -0.378 e. The fourth-order valence-electron chi connectivity index (χ4n) is 1.12. The van der Waals surface area contributed by atoms with Crippen LogP contribution in [0.25, 0.3) is 0 Å². The van der Waals surface area contributed by atoms with Crippen molar-refractivity contribution in [2.75, 3.05) is 13.6 Å². The fourth-order valence-corrected chi connectivity index (χ4v) is 1.12. The molecule has 0 atom stereocenters. The molecule has 0 bridgehead atoms. The summed E-state index contributed by atoms with van der Waals surface area (Å²) < 4.78 is 0. The summed E-state index contributed by atoms with van der Waals surface area (Å²) in [6.45, 7) is 1.10. The Hall–Kier alpha value is -0.790. The summed E-state index contributed by atoms with van der Waals surface area (Å²) in [7, 11) is 2.02. The average Bonchev–Trinajstić information content (AvgIpc) is 2.18. The zero-order valence-electron chi connectivity index (χ0n) is 5.63. The summed E-state index contributed by atoms with van der Waals surface area (Å²) in [5, 5.41) is 0. The third-order valence-corrected chi connectivity index (χ3v) is 1.68. The summed E-state index contributed by atoms with van der Waals surface area (Å²) in [5.74, 6) is 0. The highest BCUT2D eigenvalue weighted by atomic mass is 16.1. The molecule has 1 aliphatic rings. The van der Waals surface area contributed by atoms with Crippen LogP contribution in [0.1, 0.15) is 12.8 Å². The first-order valence-corrected chi connectivity index (χ1v) is 3.20. The van der Waals surface area contributed by atoms with E-state index in [-0.39, 0.29) is 0 Å². The van der Waals surface area contributed by atoms with Crippen molar-refractivity contribution in [1.82, 2.24) is 4.90 Å². The Morgan fingerprint density at radius 1 is 1.67 bits per heavy atom. The molecule has 0 N–H and O–H groups in total. The van der Waals surface area contributed by atoms with Crippen LogP contribution in [0.4, 0.5) is 0 Å². The van der Waals surface area contributed by atoms with Crippen LogP contribution >= 0.6 is 0 Å². The van der Waals surface area contributed by atoms with E-state index in [4.69, 9.17) is 0 Å². The van der Waals surface area contributed by atoms with Gasteiger partial charge in [0.1, 0.15) is 6.29 Å². The monoisotopic (exact) mass is 125 g/mol. The van der Waals surface area contributed by atoms with Gasteiger partial charge in [0, 0.05) is 19.3 Å². The van der Waals surface area contributed by atoms with Crippen LogP contribution < -0.4 is 0 Å². The van der Waals surface area contributed by atoms with Gasteiger partial charge in [-0.15, -0.1) is 0 Å². The number of allylic oxidation sites excluding steroid dienone is 2. The molecular weight excluding hydrogens is 114 g/mol. The lowest BCUT2D eigenvalue weighted by molar-refractivity contribution is -0.104. The lowest BCUT2D eigenvalue weighted by Crippen LogP contribution is -2.09. The topological polar surface area (TPSA) is 20.3 Å². The molecule has 1 aliphatic heterocycles. The first kappa shape index (κ1) is 6.33. The van der Waals surface area contributed by atoms with Crippen molar-refractivity contribution in [1.29, 1.82) is 0 Å². The number of rotatable bonds is 1. The average molecular weight is 125 g/mol. The second-order valence-electron chi connectivity index (χ2n) is 2.32. The van der Waals surface area contributed by atoms with E-state index in [0.717, 1.165) is 19.3 Å². The van der Waals surface area contributed by atoms with Crippen molar-refractivity contribution in [2.24, 2.45) is 0 Å². The van der Waals surface area contributed by atoms with Crippen LogP contribution in [0.15, 0.2) is 11.8 Å². The molecule has 0 radical (unpaired) electrons. The summed E-state index contributed by atoms with van der Waals surface area (Å²) in [6, 6.07) is 0. The highest BCUT2D eigenvalue weighted by Gasteiger charge is 2.10. The SMILES string of the molecule is CN1CCC/C1=C\C=O. The summed E-state index contributed by atoms with van der Waals surface area (Å²) in [6.07, 6.45) is 4.76. The fraction of sp³-hybridized carbons (Fsp3) is 0.571. The quantitative estimate of drug-likeness (QED) is 0.381. The van der Waals surface area contributed by atoms with E-state index >= 15 is 0 Å². The molecular formula is C7H11NO. The van der Waals surface area contributed by atoms with Crippen molar-refractivity contribution in [3.8, 4) is 0 Å². The zero-order valence-corrected chi connectivity index (χ0v) is 5.63. The number of nitrogens with zero attached hydrogens (tertiary/aromatic N) is 1. The molecule has 1 heterocycles. The van der Waals surface area contributed by atoms with E-state index in [1.807, 2.05) is 7.05 Å². The Balaban J connectivity index is 2.58. The molecule has 1 fully saturated rings. The summed E-state index contributed by atoms with van der Waals surface area (Å²) in [4.78, 5) is 12.1. The molecule has 9 heavy (non-hydrogen) atoms. The predicted octanol–water partition coefficient (Wildman–Crippen LogP) is 0.795. The predicted molar refractivity (Wildman–Crippen MR) is 36.0 cm³/mol. The zero-order chi connectivity index (χ0) is 6.69. The van der Waals surface area contributed by atoms with Gasteiger partial charge in [-0.2, -0.15) is 0 Å². The molecule has 0 aromatic rings. The van der Waals surface area contributed by atoms with Crippen LogP contribution in [0.2, 0.25) is 0 Å². The van der Waals surface area contributed by atoms with Crippen molar-refractivity contribution in [3.05, 3.63) is 11.8 Å². The van der Waals surface area contributed by atoms with Crippen LogP contribution in [-0.4, -0.2) is 24.8 Å². The van der Waals surface area contributed by atoms with Crippen LogP contribution in [0.5, 0.6) is 0 Å². The Kier molecular flexibility index (Phi) is 1.88. The summed E-state index contributed by atoms with van der Waals surface area (Å²) in [5.41, 5.74) is 1.17. The number of aldehydes is 1. The Labute approximate surface area is 55.2 Å². The molecule has 1 rings (SSSR count). The van der Waals surface area contributed by atoms with E-state index in [1.54, 1.807) is 6.08 Å².